The first-order valence-corrected chi connectivity index (χ1v) is 8.59. The van der Waals surface area contributed by atoms with E-state index >= 15 is 0 Å². The van der Waals surface area contributed by atoms with Crippen LogP contribution in [-0.2, 0) is 4.79 Å². The fourth-order valence-electron chi connectivity index (χ4n) is 2.33. The molecule has 1 aliphatic rings. The molecule has 29 heavy (non-hydrogen) atoms. The van der Waals surface area contributed by atoms with Crippen LogP contribution in [0.1, 0.15) is 15.9 Å². The van der Waals surface area contributed by atoms with Crippen LogP contribution in [0.4, 0.5) is 11.4 Å². The number of benzene rings is 2. The maximum atomic E-state index is 12.3. The zero-order chi connectivity index (χ0) is 21.1. The minimum atomic E-state index is -1.01. The first-order chi connectivity index (χ1) is 13.7. The van der Waals surface area contributed by atoms with Crippen molar-refractivity contribution in [2.45, 2.75) is 0 Å². The van der Waals surface area contributed by atoms with Crippen LogP contribution in [0.3, 0.4) is 0 Å². The monoisotopic (exact) mass is 414 g/mol. The summed E-state index contributed by atoms with van der Waals surface area (Å²) in [6.45, 7) is 0. The maximum absolute atomic E-state index is 12.3. The highest BCUT2D eigenvalue weighted by Crippen LogP contribution is 2.28. The minimum Gasteiger partial charge on any atom is -0.423 e. The summed E-state index contributed by atoms with van der Waals surface area (Å²) in [5, 5.41) is 22.0. The Morgan fingerprint density at radius 1 is 1.10 bits per heavy atom. The highest BCUT2D eigenvalue weighted by atomic mass is 32.2. The average Bonchev–Trinajstić information content (AvgIpc) is 2.98. The van der Waals surface area contributed by atoms with Gasteiger partial charge in [0.25, 0.3) is 17.3 Å². The predicted molar refractivity (Wildman–Crippen MR) is 103 cm³/mol. The van der Waals surface area contributed by atoms with Gasteiger partial charge in [-0.3, -0.25) is 25.0 Å². The Morgan fingerprint density at radius 2 is 1.76 bits per heavy atom. The molecule has 0 radical (unpaired) electrons. The smallest absolute Gasteiger partial charge is 0.344 e. The van der Waals surface area contributed by atoms with Crippen LogP contribution in [0.25, 0.3) is 6.08 Å². The second-order valence-corrected chi connectivity index (χ2v) is 6.64. The summed E-state index contributed by atoms with van der Waals surface area (Å²) in [4.78, 5) is 48.1. The Kier molecular flexibility index (Phi) is 5.36. The van der Waals surface area contributed by atoms with Gasteiger partial charge < -0.3 is 10.5 Å². The fourth-order valence-corrected chi connectivity index (χ4v) is 3.02. The van der Waals surface area contributed by atoms with Crippen molar-refractivity contribution in [3.8, 4) is 5.75 Å². The van der Waals surface area contributed by atoms with Gasteiger partial charge in [0, 0.05) is 12.1 Å². The van der Waals surface area contributed by atoms with E-state index in [1.54, 1.807) is 12.1 Å². The number of carbonyl (C=O) groups excluding carboxylic acids is 2. The molecule has 2 N–H and O–H groups in total. The summed E-state index contributed by atoms with van der Waals surface area (Å²) in [7, 11) is 0. The Balaban J connectivity index is 1.85. The summed E-state index contributed by atoms with van der Waals surface area (Å²) in [5.41, 5.74) is 4.42. The number of nitro groups is 2. The second-order valence-electron chi connectivity index (χ2n) is 5.58. The number of rotatable bonds is 5. The predicted octanol–water partition coefficient (Wildman–Crippen LogP) is 2.65. The lowest BCUT2D eigenvalue weighted by Gasteiger charge is -2.06. The van der Waals surface area contributed by atoms with Crippen molar-refractivity contribution < 1.29 is 24.2 Å². The lowest BCUT2D eigenvalue weighted by Crippen LogP contribution is -2.09. The van der Waals surface area contributed by atoms with E-state index in [-0.39, 0.29) is 16.5 Å². The van der Waals surface area contributed by atoms with Crippen molar-refractivity contribution >= 4 is 46.3 Å². The summed E-state index contributed by atoms with van der Waals surface area (Å²) in [5.74, 6) is -1.43. The van der Waals surface area contributed by atoms with Gasteiger partial charge in [-0.2, -0.15) is 4.99 Å². The number of thioether (sulfide) groups is 1. The summed E-state index contributed by atoms with van der Waals surface area (Å²) in [6.07, 6.45) is 1.51. The Bertz CT molecular complexity index is 1090. The van der Waals surface area contributed by atoms with Crippen molar-refractivity contribution in [1.29, 1.82) is 0 Å². The number of nitro benzene ring substituents is 2. The number of hydrogen-bond donors (Lipinski definition) is 1. The van der Waals surface area contributed by atoms with E-state index in [1.807, 2.05) is 0 Å². The van der Waals surface area contributed by atoms with Gasteiger partial charge in [0.15, 0.2) is 5.17 Å². The van der Waals surface area contributed by atoms with Gasteiger partial charge in [0.1, 0.15) is 5.75 Å². The van der Waals surface area contributed by atoms with Crippen molar-refractivity contribution in [3.63, 3.8) is 0 Å². The van der Waals surface area contributed by atoms with Crippen LogP contribution >= 0.6 is 11.8 Å². The fraction of sp³-hybridized carbons (Fsp3) is 0. The second kappa shape index (κ2) is 7.90. The molecule has 1 amide bonds. The number of non-ortho nitro benzene ring substituents is 2. The third kappa shape index (κ3) is 4.62. The first kappa shape index (κ1) is 19.7. The molecule has 0 atom stereocenters. The third-order valence-electron chi connectivity index (χ3n) is 3.56. The Labute approximate surface area is 166 Å². The molecule has 0 spiro atoms. The topological polar surface area (TPSA) is 168 Å². The van der Waals surface area contributed by atoms with Gasteiger partial charge in [-0.1, -0.05) is 12.1 Å². The molecule has 12 heteroatoms. The van der Waals surface area contributed by atoms with Gasteiger partial charge in [-0.15, -0.1) is 0 Å². The number of carbonyl (C=O) groups is 2. The molecule has 3 rings (SSSR count). The molecule has 0 saturated carbocycles. The van der Waals surface area contributed by atoms with Gasteiger partial charge in [0.05, 0.1) is 26.4 Å². The van der Waals surface area contributed by atoms with Crippen LogP contribution in [0, 0.1) is 20.2 Å². The van der Waals surface area contributed by atoms with E-state index in [0.29, 0.717) is 10.5 Å². The first-order valence-electron chi connectivity index (χ1n) is 7.77. The van der Waals surface area contributed by atoms with Crippen molar-refractivity contribution in [2.24, 2.45) is 10.7 Å². The van der Waals surface area contributed by atoms with E-state index in [0.717, 1.165) is 30.0 Å². The van der Waals surface area contributed by atoms with E-state index in [2.05, 4.69) is 4.99 Å². The average molecular weight is 414 g/mol. The summed E-state index contributed by atoms with van der Waals surface area (Å²) >= 11 is 0.998. The number of esters is 1. The molecule has 1 aliphatic heterocycles. The summed E-state index contributed by atoms with van der Waals surface area (Å²) in [6, 6.07) is 8.60. The number of hydrogen-bond acceptors (Lipinski definition) is 9. The Morgan fingerprint density at radius 3 is 2.31 bits per heavy atom. The molecule has 2 aromatic rings. The molecule has 11 nitrogen and oxygen atoms in total. The van der Waals surface area contributed by atoms with Gasteiger partial charge in [0.2, 0.25) is 0 Å². The molecule has 0 aliphatic carbocycles. The quantitative estimate of drug-likeness (QED) is 0.254. The molecular weight excluding hydrogens is 404 g/mol. The van der Waals surface area contributed by atoms with E-state index < -0.39 is 33.1 Å². The third-order valence-corrected chi connectivity index (χ3v) is 4.38. The number of aliphatic imine (C=N–C) groups is 1. The highest BCUT2D eigenvalue weighted by molar-refractivity contribution is 8.18. The van der Waals surface area contributed by atoms with Crippen molar-refractivity contribution in [2.75, 3.05) is 0 Å². The summed E-state index contributed by atoms with van der Waals surface area (Å²) < 4.78 is 5.16. The standard InChI is InChI=1S/C17H10N4O7S/c18-17-19-15(22)14(29-17)5-9-2-1-3-13(4-9)28-16(23)10-6-11(20(24)25)8-12(7-10)21(26)27/h1-8H,(H2,18,19,22)/b14-5+. The molecule has 0 unspecified atom stereocenters. The van der Waals surface area contributed by atoms with Gasteiger partial charge in [-0.25, -0.2) is 4.79 Å². The molecule has 0 aromatic heterocycles. The van der Waals surface area contributed by atoms with Crippen LogP contribution in [0.2, 0.25) is 0 Å². The zero-order valence-corrected chi connectivity index (χ0v) is 15.1. The lowest BCUT2D eigenvalue weighted by atomic mass is 10.1. The van der Waals surface area contributed by atoms with Crippen LogP contribution in [-0.4, -0.2) is 26.9 Å². The Hall–Kier alpha value is -4.06. The zero-order valence-electron chi connectivity index (χ0n) is 14.3. The number of amidine groups is 1. The molecule has 1 heterocycles. The molecule has 0 saturated heterocycles. The number of ether oxygens (including phenoxy) is 1. The van der Waals surface area contributed by atoms with Crippen molar-refractivity contribution in [3.05, 3.63) is 78.7 Å². The van der Waals surface area contributed by atoms with Crippen LogP contribution in [0.15, 0.2) is 52.4 Å². The molecule has 146 valence electrons. The van der Waals surface area contributed by atoms with Gasteiger partial charge >= 0.3 is 5.97 Å². The SMILES string of the molecule is NC1=NC(=O)/C(=C\c2cccc(OC(=O)c3cc([N+](=O)[O-])cc([N+](=O)[O-])c3)c2)S1. The lowest BCUT2D eigenvalue weighted by molar-refractivity contribution is -0.394. The minimum absolute atomic E-state index is 0.0721. The molecule has 0 fully saturated rings. The van der Waals surface area contributed by atoms with E-state index in [1.165, 1.54) is 18.2 Å². The van der Waals surface area contributed by atoms with Crippen LogP contribution < -0.4 is 10.5 Å². The maximum Gasteiger partial charge on any atom is 0.344 e. The normalized spacial score (nSPS) is 14.6. The largest absolute Gasteiger partial charge is 0.423 e. The molecule has 0 bridgehead atoms. The van der Waals surface area contributed by atoms with E-state index in [9.17, 15) is 29.8 Å². The number of nitrogens with two attached hydrogens (primary N) is 1. The van der Waals surface area contributed by atoms with Crippen molar-refractivity contribution in [1.82, 2.24) is 0 Å². The molecule has 2 aromatic carbocycles. The van der Waals surface area contributed by atoms with Gasteiger partial charge in [-0.05, 0) is 35.5 Å². The highest BCUT2D eigenvalue weighted by Gasteiger charge is 2.22. The van der Waals surface area contributed by atoms with E-state index in [4.69, 9.17) is 10.5 Å². The number of amides is 1. The van der Waals surface area contributed by atoms with Crippen LogP contribution in [0.5, 0.6) is 5.75 Å². The molecular formula is C17H10N4O7S. The number of nitrogens with zero attached hydrogens (tertiary/aromatic N) is 3.